The summed E-state index contributed by atoms with van der Waals surface area (Å²) in [4.78, 5) is 17.7. The van der Waals surface area contributed by atoms with Crippen LogP contribution in [0, 0.1) is 0 Å². The standard InChI is InChI=1S/C13H16N4O2.C2H6/c14-12-11-9(16-13(18)17-12)2-1-3-10(11)19-8-4-6-15-7-5-8;1-2/h1-3,8,15H,4-7H2,(H3,14,16,17,18);1-2H3. The van der Waals surface area contributed by atoms with Crippen LogP contribution in [0.3, 0.4) is 0 Å². The average molecular weight is 290 g/mol. The third-order valence-electron chi connectivity index (χ3n) is 3.33. The largest absolute Gasteiger partial charge is 0.489 e. The summed E-state index contributed by atoms with van der Waals surface area (Å²) in [5, 5.41) is 3.97. The molecule has 1 aromatic carbocycles. The van der Waals surface area contributed by atoms with E-state index >= 15 is 0 Å². The van der Waals surface area contributed by atoms with Gasteiger partial charge in [0, 0.05) is 0 Å². The lowest BCUT2D eigenvalue weighted by Gasteiger charge is -2.24. The van der Waals surface area contributed by atoms with E-state index in [0.29, 0.717) is 16.7 Å². The van der Waals surface area contributed by atoms with E-state index in [1.54, 1.807) is 6.07 Å². The third-order valence-corrected chi connectivity index (χ3v) is 3.33. The number of ether oxygens (including phenoxy) is 1. The van der Waals surface area contributed by atoms with Gasteiger partial charge in [-0.25, -0.2) is 4.79 Å². The van der Waals surface area contributed by atoms with E-state index in [0.717, 1.165) is 25.9 Å². The molecular formula is C15H22N4O2. The second-order valence-corrected chi connectivity index (χ2v) is 4.67. The smallest absolute Gasteiger partial charge is 0.347 e. The number of aromatic amines is 1. The van der Waals surface area contributed by atoms with Crippen molar-refractivity contribution >= 4 is 16.7 Å². The molecule has 2 aromatic rings. The van der Waals surface area contributed by atoms with Crippen molar-refractivity contribution in [1.82, 2.24) is 15.3 Å². The van der Waals surface area contributed by atoms with E-state index in [2.05, 4.69) is 15.3 Å². The van der Waals surface area contributed by atoms with Crippen molar-refractivity contribution < 1.29 is 4.74 Å². The molecule has 6 nitrogen and oxygen atoms in total. The Balaban J connectivity index is 0.000000774. The first-order chi connectivity index (χ1) is 10.2. The highest BCUT2D eigenvalue weighted by Crippen LogP contribution is 2.29. The number of H-pyrrole nitrogens is 1. The van der Waals surface area contributed by atoms with Gasteiger partial charge in [0.25, 0.3) is 0 Å². The summed E-state index contributed by atoms with van der Waals surface area (Å²) in [6.45, 7) is 5.92. The highest BCUT2D eigenvalue weighted by Gasteiger charge is 2.17. The quantitative estimate of drug-likeness (QED) is 0.782. The van der Waals surface area contributed by atoms with Crippen LogP contribution >= 0.6 is 0 Å². The van der Waals surface area contributed by atoms with Gasteiger partial charge in [-0.15, -0.1) is 0 Å². The zero-order valence-electron chi connectivity index (χ0n) is 12.5. The topological polar surface area (TPSA) is 93.0 Å². The van der Waals surface area contributed by atoms with Gasteiger partial charge in [0.2, 0.25) is 0 Å². The summed E-state index contributed by atoms with van der Waals surface area (Å²) in [7, 11) is 0. The van der Waals surface area contributed by atoms with Gasteiger partial charge in [-0.1, -0.05) is 19.9 Å². The number of nitrogens with two attached hydrogens (primary N) is 1. The van der Waals surface area contributed by atoms with Gasteiger partial charge in [0.15, 0.2) is 0 Å². The van der Waals surface area contributed by atoms with Crippen molar-refractivity contribution in [3.05, 3.63) is 28.7 Å². The SMILES string of the molecule is CC.Nc1nc(=O)[nH]c2cccc(OC3CCNCC3)c12. The number of hydrogen-bond acceptors (Lipinski definition) is 5. The summed E-state index contributed by atoms with van der Waals surface area (Å²) in [6.07, 6.45) is 2.11. The molecule has 1 saturated heterocycles. The summed E-state index contributed by atoms with van der Waals surface area (Å²) >= 11 is 0. The molecule has 0 spiro atoms. The monoisotopic (exact) mass is 290 g/mol. The number of rotatable bonds is 2. The molecule has 0 amide bonds. The lowest BCUT2D eigenvalue weighted by Crippen LogP contribution is -2.34. The Labute approximate surface area is 123 Å². The van der Waals surface area contributed by atoms with Gasteiger partial charge in [0.05, 0.1) is 10.9 Å². The molecule has 0 radical (unpaired) electrons. The number of nitrogens with one attached hydrogen (secondary N) is 2. The van der Waals surface area contributed by atoms with Crippen molar-refractivity contribution in [3.63, 3.8) is 0 Å². The number of nitrogen functional groups attached to an aromatic ring is 1. The lowest BCUT2D eigenvalue weighted by atomic mass is 10.1. The Morgan fingerprint density at radius 3 is 2.71 bits per heavy atom. The molecule has 1 aliphatic heterocycles. The zero-order chi connectivity index (χ0) is 15.2. The molecule has 3 rings (SSSR count). The number of hydrogen-bond donors (Lipinski definition) is 3. The van der Waals surface area contributed by atoms with Crippen LogP contribution in [0.2, 0.25) is 0 Å². The van der Waals surface area contributed by atoms with Crippen LogP contribution in [-0.4, -0.2) is 29.2 Å². The number of anilines is 1. The van der Waals surface area contributed by atoms with Crippen LogP contribution < -0.4 is 21.5 Å². The number of piperidine rings is 1. The predicted molar refractivity (Wildman–Crippen MR) is 84.6 cm³/mol. The molecule has 2 heterocycles. The minimum atomic E-state index is -0.441. The summed E-state index contributed by atoms with van der Waals surface area (Å²) in [5.41, 5.74) is 6.06. The van der Waals surface area contributed by atoms with Crippen molar-refractivity contribution in [3.8, 4) is 5.75 Å². The predicted octanol–water partition coefficient (Wildman–Crippen LogP) is 1.66. The first-order valence-electron chi connectivity index (χ1n) is 7.40. The summed E-state index contributed by atoms with van der Waals surface area (Å²) < 4.78 is 6.01. The van der Waals surface area contributed by atoms with Crippen LogP contribution in [0.4, 0.5) is 5.82 Å². The number of benzene rings is 1. The van der Waals surface area contributed by atoms with Gasteiger partial charge < -0.3 is 20.8 Å². The first kappa shape index (κ1) is 15.3. The van der Waals surface area contributed by atoms with Crippen LogP contribution in [0.25, 0.3) is 10.9 Å². The minimum Gasteiger partial charge on any atom is -0.489 e. The maximum Gasteiger partial charge on any atom is 0.347 e. The van der Waals surface area contributed by atoms with E-state index in [1.165, 1.54) is 0 Å². The van der Waals surface area contributed by atoms with Crippen molar-refractivity contribution in [2.24, 2.45) is 0 Å². The average Bonchev–Trinajstić information content (AvgIpc) is 2.50. The Bertz CT molecular complexity index is 648. The maximum absolute atomic E-state index is 11.3. The van der Waals surface area contributed by atoms with Gasteiger partial charge >= 0.3 is 5.69 Å². The van der Waals surface area contributed by atoms with Crippen LogP contribution in [-0.2, 0) is 0 Å². The van der Waals surface area contributed by atoms with E-state index in [1.807, 2.05) is 26.0 Å². The van der Waals surface area contributed by atoms with E-state index < -0.39 is 5.69 Å². The maximum atomic E-state index is 11.3. The molecule has 6 heteroatoms. The molecule has 0 unspecified atom stereocenters. The molecule has 0 atom stereocenters. The molecule has 21 heavy (non-hydrogen) atoms. The fraction of sp³-hybridized carbons (Fsp3) is 0.467. The molecule has 1 fully saturated rings. The van der Waals surface area contributed by atoms with Gasteiger partial charge in [-0.3, -0.25) is 0 Å². The van der Waals surface area contributed by atoms with Crippen molar-refractivity contribution in [2.45, 2.75) is 32.8 Å². The van der Waals surface area contributed by atoms with Crippen molar-refractivity contribution in [1.29, 1.82) is 0 Å². The fourth-order valence-corrected chi connectivity index (χ4v) is 2.40. The molecule has 4 N–H and O–H groups in total. The summed E-state index contributed by atoms with van der Waals surface area (Å²) in [5.74, 6) is 0.897. The third kappa shape index (κ3) is 3.52. The molecule has 1 aliphatic rings. The fourth-order valence-electron chi connectivity index (χ4n) is 2.40. The number of aromatic nitrogens is 2. The van der Waals surface area contributed by atoms with E-state index in [9.17, 15) is 4.79 Å². The normalized spacial score (nSPS) is 15.3. The molecule has 0 aliphatic carbocycles. The Kier molecular flexibility index (Phi) is 5.16. The Morgan fingerprint density at radius 1 is 1.29 bits per heavy atom. The van der Waals surface area contributed by atoms with Gasteiger partial charge in [0.1, 0.15) is 17.7 Å². The molecule has 1 aromatic heterocycles. The van der Waals surface area contributed by atoms with Crippen LogP contribution in [0.1, 0.15) is 26.7 Å². The van der Waals surface area contributed by atoms with E-state index in [4.69, 9.17) is 10.5 Å². The van der Waals surface area contributed by atoms with Gasteiger partial charge in [-0.2, -0.15) is 4.98 Å². The Morgan fingerprint density at radius 2 is 2.00 bits per heavy atom. The highest BCUT2D eigenvalue weighted by molar-refractivity contribution is 5.93. The van der Waals surface area contributed by atoms with Crippen LogP contribution in [0.5, 0.6) is 5.75 Å². The molecule has 114 valence electrons. The Hall–Kier alpha value is -2.08. The van der Waals surface area contributed by atoms with Gasteiger partial charge in [-0.05, 0) is 38.1 Å². The molecule has 0 bridgehead atoms. The number of fused-ring (bicyclic) bond motifs is 1. The summed E-state index contributed by atoms with van der Waals surface area (Å²) in [6, 6.07) is 5.50. The second-order valence-electron chi connectivity index (χ2n) is 4.67. The first-order valence-corrected chi connectivity index (χ1v) is 7.40. The lowest BCUT2D eigenvalue weighted by molar-refractivity contribution is 0.164. The number of nitrogens with zero attached hydrogens (tertiary/aromatic N) is 1. The minimum absolute atomic E-state index is 0.179. The highest BCUT2D eigenvalue weighted by atomic mass is 16.5. The molecule has 0 saturated carbocycles. The molecular weight excluding hydrogens is 268 g/mol. The van der Waals surface area contributed by atoms with Crippen molar-refractivity contribution in [2.75, 3.05) is 18.8 Å². The second kappa shape index (κ2) is 7.08. The van der Waals surface area contributed by atoms with E-state index in [-0.39, 0.29) is 11.9 Å². The van der Waals surface area contributed by atoms with Crippen LogP contribution in [0.15, 0.2) is 23.0 Å². The zero-order valence-corrected chi connectivity index (χ0v) is 12.5.